The molecule has 0 radical (unpaired) electrons. The van der Waals surface area contributed by atoms with Crippen LogP contribution >= 0.6 is 11.6 Å². The normalized spacial score (nSPS) is 14.5. The van der Waals surface area contributed by atoms with Gasteiger partial charge in [-0.25, -0.2) is 4.39 Å². The van der Waals surface area contributed by atoms with E-state index in [1.807, 2.05) is 24.3 Å². The van der Waals surface area contributed by atoms with Crippen molar-refractivity contribution in [3.8, 4) is 5.75 Å². The molecule has 31 heavy (non-hydrogen) atoms. The van der Waals surface area contributed by atoms with Gasteiger partial charge in [0.15, 0.2) is 5.76 Å². The van der Waals surface area contributed by atoms with E-state index in [2.05, 4.69) is 15.1 Å². The Balaban J connectivity index is 1.32. The summed E-state index contributed by atoms with van der Waals surface area (Å²) in [5, 5.41) is 3.38. The number of nitrogens with one attached hydrogen (secondary N) is 1. The van der Waals surface area contributed by atoms with Crippen molar-refractivity contribution < 1.29 is 18.3 Å². The number of anilines is 2. The second-order valence-corrected chi connectivity index (χ2v) is 7.74. The van der Waals surface area contributed by atoms with Gasteiger partial charge < -0.3 is 19.4 Å². The number of piperazine rings is 1. The number of nitrogens with zero attached hydrogens (tertiary/aromatic N) is 2. The molecule has 0 spiro atoms. The number of amides is 1. The molecule has 2 aromatic carbocycles. The van der Waals surface area contributed by atoms with Gasteiger partial charge in [-0.15, -0.1) is 0 Å². The number of ether oxygens (including phenoxy) is 1. The first-order valence-corrected chi connectivity index (χ1v) is 10.4. The SMILES string of the molecule is COc1ccc(Cl)cc1N1CCN(Cc2ccc(C(=O)Nc3ccc(F)cc3)o2)CC1. The van der Waals surface area contributed by atoms with E-state index >= 15 is 0 Å². The molecule has 8 heteroatoms. The number of hydrogen-bond donors (Lipinski definition) is 1. The Hall–Kier alpha value is -3.03. The van der Waals surface area contributed by atoms with E-state index in [0.29, 0.717) is 17.3 Å². The molecule has 0 bridgehead atoms. The predicted molar refractivity (Wildman–Crippen MR) is 119 cm³/mol. The van der Waals surface area contributed by atoms with Crippen molar-refractivity contribution in [3.63, 3.8) is 0 Å². The van der Waals surface area contributed by atoms with Crippen LogP contribution in [0.2, 0.25) is 5.02 Å². The number of benzene rings is 2. The third-order valence-corrected chi connectivity index (χ3v) is 5.46. The minimum absolute atomic E-state index is 0.224. The summed E-state index contributed by atoms with van der Waals surface area (Å²) in [6.07, 6.45) is 0. The van der Waals surface area contributed by atoms with Crippen molar-refractivity contribution in [3.05, 3.63) is 77.0 Å². The van der Waals surface area contributed by atoms with Crippen LogP contribution in [0, 0.1) is 5.82 Å². The van der Waals surface area contributed by atoms with E-state index in [4.69, 9.17) is 20.8 Å². The average Bonchev–Trinajstić information content (AvgIpc) is 3.24. The number of furan rings is 1. The minimum Gasteiger partial charge on any atom is -0.495 e. The maximum absolute atomic E-state index is 13.0. The van der Waals surface area contributed by atoms with Crippen LogP contribution in [0.3, 0.4) is 0 Å². The van der Waals surface area contributed by atoms with Gasteiger partial charge in [0.2, 0.25) is 0 Å². The van der Waals surface area contributed by atoms with E-state index < -0.39 is 0 Å². The van der Waals surface area contributed by atoms with Gasteiger partial charge in [0.25, 0.3) is 5.91 Å². The van der Waals surface area contributed by atoms with Crippen LogP contribution in [0.25, 0.3) is 0 Å². The molecular weight excluding hydrogens is 421 g/mol. The zero-order chi connectivity index (χ0) is 21.8. The molecule has 1 saturated heterocycles. The zero-order valence-electron chi connectivity index (χ0n) is 17.1. The molecule has 1 aliphatic heterocycles. The molecular formula is C23H23ClFN3O3. The van der Waals surface area contributed by atoms with Crippen LogP contribution in [-0.2, 0) is 6.54 Å². The van der Waals surface area contributed by atoms with Gasteiger partial charge in [-0.1, -0.05) is 11.6 Å². The Bertz CT molecular complexity index is 1050. The lowest BCUT2D eigenvalue weighted by Crippen LogP contribution is -2.46. The van der Waals surface area contributed by atoms with E-state index in [9.17, 15) is 9.18 Å². The molecule has 1 aromatic heterocycles. The first-order valence-electron chi connectivity index (χ1n) is 9.98. The van der Waals surface area contributed by atoms with Crippen LogP contribution in [-0.4, -0.2) is 44.1 Å². The Morgan fingerprint density at radius 1 is 1.10 bits per heavy atom. The van der Waals surface area contributed by atoms with Crippen LogP contribution in [0.5, 0.6) is 5.75 Å². The second-order valence-electron chi connectivity index (χ2n) is 7.31. The zero-order valence-corrected chi connectivity index (χ0v) is 17.9. The highest BCUT2D eigenvalue weighted by Crippen LogP contribution is 2.32. The van der Waals surface area contributed by atoms with Gasteiger partial charge in [0.1, 0.15) is 17.3 Å². The van der Waals surface area contributed by atoms with Crippen LogP contribution in [0.15, 0.2) is 59.0 Å². The van der Waals surface area contributed by atoms with Crippen LogP contribution < -0.4 is 15.0 Å². The average molecular weight is 444 g/mol. The molecule has 0 unspecified atom stereocenters. The van der Waals surface area contributed by atoms with E-state index in [0.717, 1.165) is 43.4 Å². The summed E-state index contributed by atoms with van der Waals surface area (Å²) in [5.74, 6) is 1.03. The highest BCUT2D eigenvalue weighted by atomic mass is 35.5. The number of carbonyl (C=O) groups excluding carboxylic acids is 1. The molecule has 4 rings (SSSR count). The van der Waals surface area contributed by atoms with Crippen molar-refractivity contribution in [1.82, 2.24) is 4.90 Å². The van der Waals surface area contributed by atoms with Gasteiger partial charge in [-0.05, 0) is 54.6 Å². The van der Waals surface area contributed by atoms with Crippen LogP contribution in [0.1, 0.15) is 16.3 Å². The highest BCUT2D eigenvalue weighted by molar-refractivity contribution is 6.30. The maximum Gasteiger partial charge on any atom is 0.291 e. The molecule has 3 aromatic rings. The summed E-state index contributed by atoms with van der Waals surface area (Å²) in [6, 6.07) is 14.7. The Labute approximate surface area is 185 Å². The highest BCUT2D eigenvalue weighted by Gasteiger charge is 2.21. The summed E-state index contributed by atoms with van der Waals surface area (Å²) in [4.78, 5) is 16.9. The van der Waals surface area contributed by atoms with Gasteiger partial charge in [-0.2, -0.15) is 0 Å². The lowest BCUT2D eigenvalue weighted by atomic mass is 10.2. The van der Waals surface area contributed by atoms with Crippen molar-refractivity contribution in [2.75, 3.05) is 43.5 Å². The molecule has 2 heterocycles. The fourth-order valence-corrected chi connectivity index (χ4v) is 3.75. The van der Waals surface area contributed by atoms with Crippen molar-refractivity contribution in [2.45, 2.75) is 6.54 Å². The van der Waals surface area contributed by atoms with Gasteiger partial charge in [0, 0.05) is 36.9 Å². The molecule has 0 atom stereocenters. The Morgan fingerprint density at radius 3 is 2.55 bits per heavy atom. The predicted octanol–water partition coefficient (Wildman–Crippen LogP) is 4.66. The number of halogens is 2. The number of methoxy groups -OCH3 is 1. The fourth-order valence-electron chi connectivity index (χ4n) is 3.59. The summed E-state index contributed by atoms with van der Waals surface area (Å²) >= 11 is 6.16. The standard InChI is InChI=1S/C23H23ClFN3O3/c1-30-21-8-2-16(24)14-20(21)28-12-10-27(11-13-28)15-19-7-9-22(31-19)23(29)26-18-5-3-17(25)4-6-18/h2-9,14H,10-13,15H2,1H3,(H,26,29). The minimum atomic E-state index is -0.365. The van der Waals surface area contributed by atoms with Crippen molar-refractivity contribution in [1.29, 1.82) is 0 Å². The second kappa shape index (κ2) is 9.41. The number of rotatable bonds is 6. The first-order chi connectivity index (χ1) is 15.0. The van der Waals surface area contributed by atoms with E-state index in [-0.39, 0.29) is 17.5 Å². The van der Waals surface area contributed by atoms with Crippen molar-refractivity contribution >= 4 is 28.9 Å². The topological polar surface area (TPSA) is 58.0 Å². The molecule has 1 fully saturated rings. The molecule has 0 saturated carbocycles. The monoisotopic (exact) mass is 443 g/mol. The van der Waals surface area contributed by atoms with Gasteiger partial charge in [0.05, 0.1) is 19.3 Å². The molecule has 1 amide bonds. The third kappa shape index (κ3) is 5.18. The lowest BCUT2D eigenvalue weighted by molar-refractivity contribution is 0.0992. The molecule has 1 aliphatic rings. The van der Waals surface area contributed by atoms with Gasteiger partial charge >= 0.3 is 0 Å². The Morgan fingerprint density at radius 2 is 1.84 bits per heavy atom. The quantitative estimate of drug-likeness (QED) is 0.600. The van der Waals surface area contributed by atoms with Crippen LogP contribution in [0.4, 0.5) is 15.8 Å². The third-order valence-electron chi connectivity index (χ3n) is 5.22. The van der Waals surface area contributed by atoms with E-state index in [1.54, 1.807) is 13.2 Å². The van der Waals surface area contributed by atoms with E-state index in [1.165, 1.54) is 24.3 Å². The summed E-state index contributed by atoms with van der Waals surface area (Å²) in [7, 11) is 1.66. The molecule has 1 N–H and O–H groups in total. The molecule has 6 nitrogen and oxygen atoms in total. The molecule has 162 valence electrons. The maximum atomic E-state index is 13.0. The smallest absolute Gasteiger partial charge is 0.291 e. The first kappa shape index (κ1) is 21.2. The fraction of sp³-hybridized carbons (Fsp3) is 0.261. The summed E-state index contributed by atoms with van der Waals surface area (Å²) in [5.41, 5.74) is 1.50. The number of carbonyl (C=O) groups is 1. The summed E-state index contributed by atoms with van der Waals surface area (Å²) in [6.45, 7) is 3.95. The van der Waals surface area contributed by atoms with Crippen molar-refractivity contribution in [2.24, 2.45) is 0 Å². The largest absolute Gasteiger partial charge is 0.495 e. The Kier molecular flexibility index (Phi) is 6.44. The van der Waals surface area contributed by atoms with Gasteiger partial charge in [-0.3, -0.25) is 9.69 Å². The lowest BCUT2D eigenvalue weighted by Gasteiger charge is -2.36. The molecule has 0 aliphatic carbocycles. The summed E-state index contributed by atoms with van der Waals surface area (Å²) < 4.78 is 24.2. The number of hydrogen-bond acceptors (Lipinski definition) is 5.